The molecule has 6 heteroatoms. The van der Waals surface area contributed by atoms with E-state index in [1.807, 2.05) is 0 Å². The van der Waals surface area contributed by atoms with E-state index < -0.39 is 17.5 Å². The van der Waals surface area contributed by atoms with Crippen molar-refractivity contribution in [3.63, 3.8) is 0 Å². The van der Waals surface area contributed by atoms with E-state index in [0.717, 1.165) is 25.9 Å². The molecule has 0 unspecified atom stereocenters. The van der Waals surface area contributed by atoms with E-state index in [4.69, 9.17) is 9.84 Å². The molecule has 0 radical (unpaired) electrons. The molecule has 0 spiro atoms. The van der Waals surface area contributed by atoms with Gasteiger partial charge in [0.1, 0.15) is 5.54 Å². The Morgan fingerprint density at radius 1 is 1.28 bits per heavy atom. The second-order valence-electron chi connectivity index (χ2n) is 4.59. The Kier molecular flexibility index (Phi) is 5.91. The molecule has 0 aromatic rings. The highest BCUT2D eigenvalue weighted by molar-refractivity contribution is 5.88. The number of hydrogen-bond donors (Lipinski definition) is 3. The first kappa shape index (κ1) is 14.8. The molecule has 0 heterocycles. The standard InChI is InChI=1S/C12H22N2O4/c1-2-3-8-18-9-4-7-13-11(17)14-12(5-6-12)10(15)16/h2-9H2,1H3,(H,15,16)(H2,13,14,17). The SMILES string of the molecule is CCCCOCCCNC(=O)NC1(C(=O)O)CC1. The summed E-state index contributed by atoms with van der Waals surface area (Å²) in [6.45, 7) is 3.97. The number of rotatable bonds is 9. The van der Waals surface area contributed by atoms with Crippen LogP contribution in [0.4, 0.5) is 4.79 Å². The van der Waals surface area contributed by atoms with Crippen LogP contribution in [0.5, 0.6) is 0 Å². The quantitative estimate of drug-likeness (QED) is 0.541. The number of carboxylic acid groups (broad SMARTS) is 1. The van der Waals surface area contributed by atoms with Gasteiger partial charge in [0.25, 0.3) is 0 Å². The minimum atomic E-state index is -1.01. The predicted molar refractivity (Wildman–Crippen MR) is 66.5 cm³/mol. The van der Waals surface area contributed by atoms with Crippen molar-refractivity contribution in [2.45, 2.75) is 44.6 Å². The van der Waals surface area contributed by atoms with Crippen molar-refractivity contribution in [2.24, 2.45) is 0 Å². The number of carboxylic acids is 1. The molecule has 18 heavy (non-hydrogen) atoms. The van der Waals surface area contributed by atoms with E-state index in [1.165, 1.54) is 0 Å². The van der Waals surface area contributed by atoms with E-state index in [-0.39, 0.29) is 0 Å². The number of urea groups is 1. The van der Waals surface area contributed by atoms with E-state index in [1.54, 1.807) is 0 Å². The number of nitrogens with one attached hydrogen (secondary N) is 2. The van der Waals surface area contributed by atoms with Crippen LogP contribution in [0.2, 0.25) is 0 Å². The molecule has 0 atom stereocenters. The van der Waals surface area contributed by atoms with Gasteiger partial charge in [-0.05, 0) is 25.7 Å². The Morgan fingerprint density at radius 2 is 1.94 bits per heavy atom. The lowest BCUT2D eigenvalue weighted by atomic mass is 10.3. The van der Waals surface area contributed by atoms with Crippen LogP contribution in [-0.2, 0) is 9.53 Å². The van der Waals surface area contributed by atoms with Gasteiger partial charge in [0, 0.05) is 19.8 Å². The zero-order valence-electron chi connectivity index (χ0n) is 10.8. The highest BCUT2D eigenvalue weighted by atomic mass is 16.5. The average Bonchev–Trinajstić information content (AvgIpc) is 3.09. The number of ether oxygens (including phenoxy) is 1. The third-order valence-electron chi connectivity index (χ3n) is 2.91. The molecule has 1 fully saturated rings. The second-order valence-corrected chi connectivity index (χ2v) is 4.59. The largest absolute Gasteiger partial charge is 0.480 e. The van der Waals surface area contributed by atoms with Crippen molar-refractivity contribution in [3.05, 3.63) is 0 Å². The molecule has 0 aliphatic heterocycles. The van der Waals surface area contributed by atoms with Gasteiger partial charge in [-0.15, -0.1) is 0 Å². The van der Waals surface area contributed by atoms with Gasteiger partial charge in [-0.1, -0.05) is 13.3 Å². The van der Waals surface area contributed by atoms with Crippen LogP contribution in [0.1, 0.15) is 39.0 Å². The summed E-state index contributed by atoms with van der Waals surface area (Å²) in [6, 6.07) is -0.413. The second kappa shape index (κ2) is 7.20. The Balaban J connectivity index is 1.99. The summed E-state index contributed by atoms with van der Waals surface area (Å²) < 4.78 is 5.34. The molecular formula is C12H22N2O4. The van der Waals surface area contributed by atoms with Gasteiger partial charge in [-0.2, -0.15) is 0 Å². The Hall–Kier alpha value is -1.30. The maximum Gasteiger partial charge on any atom is 0.329 e. The van der Waals surface area contributed by atoms with E-state index in [0.29, 0.717) is 26.0 Å². The fraction of sp³-hybridized carbons (Fsp3) is 0.833. The highest BCUT2D eigenvalue weighted by Gasteiger charge is 2.51. The first-order valence-corrected chi connectivity index (χ1v) is 6.48. The molecule has 6 nitrogen and oxygen atoms in total. The number of aliphatic carboxylic acids is 1. The Bertz CT molecular complexity index is 290. The molecule has 1 rings (SSSR count). The molecule has 1 saturated carbocycles. The predicted octanol–water partition coefficient (Wildman–Crippen LogP) is 1.11. The molecular weight excluding hydrogens is 236 g/mol. The monoisotopic (exact) mass is 258 g/mol. The topological polar surface area (TPSA) is 87.7 Å². The highest BCUT2D eigenvalue weighted by Crippen LogP contribution is 2.35. The Morgan fingerprint density at radius 3 is 2.50 bits per heavy atom. The fourth-order valence-electron chi connectivity index (χ4n) is 1.50. The molecule has 2 amide bonds. The van der Waals surface area contributed by atoms with E-state index >= 15 is 0 Å². The summed E-state index contributed by atoms with van der Waals surface area (Å²) in [6.07, 6.45) is 3.91. The molecule has 3 N–H and O–H groups in total. The third kappa shape index (κ3) is 4.91. The summed E-state index contributed by atoms with van der Waals surface area (Å²) >= 11 is 0. The van der Waals surface area contributed by atoms with Crippen LogP contribution < -0.4 is 10.6 Å². The smallest absolute Gasteiger partial charge is 0.329 e. The number of carbonyl (C=O) groups excluding carboxylic acids is 1. The zero-order chi connectivity index (χ0) is 13.4. The lowest BCUT2D eigenvalue weighted by molar-refractivity contribution is -0.140. The van der Waals surface area contributed by atoms with Gasteiger partial charge in [0.05, 0.1) is 0 Å². The van der Waals surface area contributed by atoms with Crippen LogP contribution in [0.15, 0.2) is 0 Å². The first-order chi connectivity index (χ1) is 8.60. The molecule has 0 aromatic carbocycles. The lowest BCUT2D eigenvalue weighted by Crippen LogP contribution is -2.48. The first-order valence-electron chi connectivity index (χ1n) is 6.48. The van der Waals surface area contributed by atoms with Crippen molar-refractivity contribution in [1.82, 2.24) is 10.6 Å². The summed E-state index contributed by atoms with van der Waals surface area (Å²) in [5, 5.41) is 14.0. The van der Waals surface area contributed by atoms with Crippen molar-refractivity contribution in [1.29, 1.82) is 0 Å². The minimum absolute atomic E-state index is 0.413. The number of hydrogen-bond acceptors (Lipinski definition) is 3. The Labute approximate surface area is 107 Å². The van der Waals surface area contributed by atoms with Gasteiger partial charge in [-0.25, -0.2) is 9.59 Å². The summed E-state index contributed by atoms with van der Waals surface area (Å²) in [7, 11) is 0. The molecule has 1 aliphatic rings. The van der Waals surface area contributed by atoms with Gasteiger partial charge in [0.2, 0.25) is 0 Å². The van der Waals surface area contributed by atoms with Crippen molar-refractivity contribution >= 4 is 12.0 Å². The third-order valence-corrected chi connectivity index (χ3v) is 2.91. The van der Waals surface area contributed by atoms with Crippen molar-refractivity contribution in [3.8, 4) is 0 Å². The zero-order valence-corrected chi connectivity index (χ0v) is 10.8. The summed E-state index contributed by atoms with van der Waals surface area (Å²) in [5.74, 6) is -0.958. The summed E-state index contributed by atoms with van der Waals surface area (Å²) in [4.78, 5) is 22.2. The van der Waals surface area contributed by atoms with Crippen molar-refractivity contribution < 1.29 is 19.4 Å². The maximum absolute atomic E-state index is 11.4. The van der Waals surface area contributed by atoms with E-state index in [2.05, 4.69) is 17.6 Å². The molecule has 104 valence electrons. The van der Waals surface area contributed by atoms with Gasteiger partial charge >= 0.3 is 12.0 Å². The van der Waals surface area contributed by atoms with Crippen LogP contribution >= 0.6 is 0 Å². The van der Waals surface area contributed by atoms with E-state index in [9.17, 15) is 9.59 Å². The maximum atomic E-state index is 11.4. The normalized spacial score (nSPS) is 16.1. The molecule has 0 aromatic heterocycles. The van der Waals surface area contributed by atoms with Gasteiger partial charge in [0.15, 0.2) is 0 Å². The average molecular weight is 258 g/mol. The molecule has 0 saturated heterocycles. The molecule has 1 aliphatic carbocycles. The number of carbonyl (C=O) groups is 2. The molecule has 0 bridgehead atoms. The number of amides is 2. The fourth-order valence-corrected chi connectivity index (χ4v) is 1.50. The van der Waals surface area contributed by atoms with Gasteiger partial charge in [-0.3, -0.25) is 0 Å². The van der Waals surface area contributed by atoms with Crippen LogP contribution in [0, 0.1) is 0 Å². The van der Waals surface area contributed by atoms with Crippen LogP contribution in [0.3, 0.4) is 0 Å². The summed E-state index contributed by atoms with van der Waals surface area (Å²) in [5.41, 5.74) is -1.01. The van der Waals surface area contributed by atoms with Crippen LogP contribution in [-0.4, -0.2) is 42.4 Å². The lowest BCUT2D eigenvalue weighted by Gasteiger charge is -2.13. The number of unbranched alkanes of at least 4 members (excludes halogenated alkanes) is 1. The van der Waals surface area contributed by atoms with Crippen molar-refractivity contribution in [2.75, 3.05) is 19.8 Å². The minimum Gasteiger partial charge on any atom is -0.480 e. The van der Waals surface area contributed by atoms with Gasteiger partial charge < -0.3 is 20.5 Å². The van der Waals surface area contributed by atoms with Crippen LogP contribution in [0.25, 0.3) is 0 Å².